The molecule has 1 saturated heterocycles. The number of primary amides is 1. The third-order valence-electron chi connectivity index (χ3n) is 16.3. The molecular weight excluding hydrogens is 1130 g/mol. The Morgan fingerprint density at radius 3 is 1.97 bits per heavy atom. The van der Waals surface area contributed by atoms with Crippen molar-refractivity contribution >= 4 is 59.2 Å². The molecule has 0 aliphatic carbocycles. The number of hydrogen-bond donors (Lipinski definition) is 9. The number of aliphatic hydroxyl groups excluding tert-OH is 1. The molecule has 0 unspecified atom stereocenters. The summed E-state index contributed by atoms with van der Waals surface area (Å²) in [6.45, 7) is 19.1. The molecule has 0 aromatic heterocycles. The lowest BCUT2D eigenvalue weighted by Crippen LogP contribution is -2.60. The Hall–Kier alpha value is -6.93. The number of likely N-dealkylation sites (tertiary alicyclic amines) is 1. The van der Waals surface area contributed by atoms with E-state index in [2.05, 4.69) is 31.9 Å². The number of ether oxygens (including phenoxy) is 4. The maximum absolute atomic E-state index is 14.8. The number of nitrogens with zero attached hydrogens (tertiary/aromatic N) is 3. The van der Waals surface area contributed by atoms with Crippen molar-refractivity contribution in [2.75, 3.05) is 66.5 Å². The van der Waals surface area contributed by atoms with Crippen LogP contribution >= 0.6 is 0 Å². The summed E-state index contributed by atoms with van der Waals surface area (Å²) in [6, 6.07) is 8.90. The number of likely N-dealkylation sites (N-methyl/N-ethyl adjacent to an activating group) is 2. The molecule has 10 amide bonds. The monoisotopic (exact) mass is 1240 g/mol. The predicted octanol–water partition coefficient (Wildman–Crippen LogP) is 3.96. The molecule has 494 valence electrons. The number of carbonyl (C=O) groups excluding carboxylic acids is 9. The number of benzene rings is 2. The normalized spacial score (nSPS) is 17.0. The zero-order chi connectivity index (χ0) is 65.9. The van der Waals surface area contributed by atoms with Crippen LogP contribution < -0.4 is 43.4 Å². The molecule has 0 spiro atoms. The fourth-order valence-electron chi connectivity index (χ4n) is 11.0. The molecule has 0 bridgehead atoms. The maximum atomic E-state index is 14.8. The van der Waals surface area contributed by atoms with E-state index >= 15 is 0 Å². The van der Waals surface area contributed by atoms with E-state index in [-0.39, 0.29) is 75.7 Å². The molecule has 1 fully saturated rings. The number of hydrogen-bond acceptors (Lipinski definition) is 15. The van der Waals surface area contributed by atoms with Crippen molar-refractivity contribution in [2.45, 2.75) is 181 Å². The predicted molar refractivity (Wildman–Crippen MR) is 334 cm³/mol. The fourth-order valence-corrected chi connectivity index (χ4v) is 11.0. The fraction of sp³-hybridized carbons (Fsp3) is 0.667. The van der Waals surface area contributed by atoms with Crippen molar-refractivity contribution in [1.29, 1.82) is 0 Å². The van der Waals surface area contributed by atoms with Crippen LogP contribution in [0.25, 0.3) is 0 Å². The summed E-state index contributed by atoms with van der Waals surface area (Å²) in [5, 5.41) is 27.5. The van der Waals surface area contributed by atoms with E-state index in [4.69, 9.17) is 30.4 Å². The largest absolute Gasteiger partial charge is 0.445 e. The van der Waals surface area contributed by atoms with Crippen molar-refractivity contribution < 1.29 is 67.2 Å². The highest BCUT2D eigenvalue weighted by Crippen LogP contribution is 2.30. The third-order valence-corrected chi connectivity index (χ3v) is 16.3. The lowest BCUT2D eigenvalue weighted by molar-refractivity contribution is -0.148. The van der Waals surface area contributed by atoms with Crippen LogP contribution in [0.2, 0.25) is 0 Å². The molecule has 0 saturated carbocycles. The first-order chi connectivity index (χ1) is 41.6. The molecule has 1 aliphatic rings. The number of methoxy groups -OCH3 is 2. The van der Waals surface area contributed by atoms with E-state index in [1.54, 1.807) is 109 Å². The summed E-state index contributed by atoms with van der Waals surface area (Å²) in [7, 11) is 6.09. The zero-order valence-corrected chi connectivity index (χ0v) is 54.3. The second-order valence-corrected chi connectivity index (χ2v) is 23.9. The minimum Gasteiger partial charge on any atom is -0.445 e. The topological polar surface area (TPSA) is 345 Å². The van der Waals surface area contributed by atoms with Crippen LogP contribution in [0.4, 0.5) is 15.3 Å². The smallest absolute Gasteiger partial charge is 0.410 e. The van der Waals surface area contributed by atoms with Crippen LogP contribution in [0.1, 0.15) is 131 Å². The Balaban J connectivity index is 1.70. The Labute approximate surface area is 520 Å². The van der Waals surface area contributed by atoms with Gasteiger partial charge in [0.1, 0.15) is 30.8 Å². The molecule has 2 aromatic carbocycles. The summed E-state index contributed by atoms with van der Waals surface area (Å²) in [5.41, 5.74) is 12.2. The van der Waals surface area contributed by atoms with Gasteiger partial charge in [-0.1, -0.05) is 111 Å². The van der Waals surface area contributed by atoms with Gasteiger partial charge in [0, 0.05) is 60.1 Å². The number of nitrogens with one attached hydrogen (secondary N) is 6. The SMILES string of the molecule is CC[C@H](C)[C@@H]([C@@H](CC(=O)N1CCC[C@H]1[C@H](OC)[C@@H](C)C(=O)N[C@H](C)[C@@H](O)c1ccccc1)OC)N(C)C(=O)[C@@H](NC(=O)[C@H](C(C)C)N(C)C(=O)OCc1ccc(NC(=O)[C@H](CCCNC(N)=O)NC(=O)[C@@H](NC(=O)CCOCCN)C(C)C)cc1)C(C)C. The average Bonchev–Trinajstić information content (AvgIpc) is 2.45. The summed E-state index contributed by atoms with van der Waals surface area (Å²) in [6.07, 6.45) is -0.976. The maximum Gasteiger partial charge on any atom is 0.410 e. The van der Waals surface area contributed by atoms with Gasteiger partial charge in [-0.2, -0.15) is 0 Å². The lowest BCUT2D eigenvalue weighted by Gasteiger charge is -2.41. The molecule has 12 atom stereocenters. The Bertz CT molecular complexity index is 2540. The number of urea groups is 1. The number of anilines is 1. The Morgan fingerprint density at radius 1 is 0.750 bits per heavy atom. The molecule has 1 heterocycles. The third kappa shape index (κ3) is 22.9. The number of aliphatic hydroxyl groups is 1. The van der Waals surface area contributed by atoms with Crippen LogP contribution in [0.3, 0.4) is 0 Å². The van der Waals surface area contributed by atoms with Crippen molar-refractivity contribution in [2.24, 2.45) is 41.1 Å². The van der Waals surface area contributed by atoms with E-state index in [0.29, 0.717) is 49.2 Å². The van der Waals surface area contributed by atoms with Crippen LogP contribution in [-0.2, 0) is 59.1 Å². The standard InChI is InChI=1S/C63H103N11O14/c1-15-40(8)54(48(85-13)35-50(76)74-32-20-24-47(74)56(86-14)41(9)57(78)67-42(10)55(77)44-21-17-16-18-22-44)72(11)61(82)52(38(4)5)71-60(81)53(39(6)7)73(12)63(84)88-36-43-25-27-45(28-26-43)68-58(79)46(23-19-31-66-62(65)83)69-59(80)51(37(2)3)70-49(75)29-33-87-34-30-64/h16-18,21-22,25-28,37-42,46-48,51-56,77H,15,19-20,23-24,29-36,64H2,1-14H3,(H,67,78)(H,68,79)(H,69,80)(H,70,75)(H,71,81)(H3,65,66,83)/t40-,41+,42+,46-,47-,48+,51-,52-,53-,54-,55+,56+/m0/s1. The highest BCUT2D eigenvalue weighted by Gasteiger charge is 2.44. The molecule has 25 heteroatoms. The summed E-state index contributed by atoms with van der Waals surface area (Å²) in [5.74, 6) is -5.17. The molecule has 1 aliphatic heterocycles. The van der Waals surface area contributed by atoms with Gasteiger partial charge in [-0.05, 0) is 79.5 Å². The van der Waals surface area contributed by atoms with Gasteiger partial charge in [-0.15, -0.1) is 0 Å². The summed E-state index contributed by atoms with van der Waals surface area (Å²) in [4.78, 5) is 127. The van der Waals surface area contributed by atoms with Crippen molar-refractivity contribution in [3.8, 4) is 0 Å². The van der Waals surface area contributed by atoms with Gasteiger partial charge in [0.2, 0.25) is 41.4 Å². The van der Waals surface area contributed by atoms with Crippen LogP contribution in [-0.4, -0.2) is 189 Å². The second-order valence-electron chi connectivity index (χ2n) is 23.9. The minimum atomic E-state index is -1.08. The lowest BCUT2D eigenvalue weighted by atomic mass is 9.89. The van der Waals surface area contributed by atoms with E-state index in [0.717, 1.165) is 0 Å². The summed E-state index contributed by atoms with van der Waals surface area (Å²) >= 11 is 0. The van der Waals surface area contributed by atoms with Gasteiger partial charge >= 0.3 is 12.1 Å². The van der Waals surface area contributed by atoms with Gasteiger partial charge in [0.05, 0.1) is 62.0 Å². The highest BCUT2D eigenvalue weighted by atomic mass is 16.6. The van der Waals surface area contributed by atoms with Crippen molar-refractivity contribution in [3.05, 3.63) is 65.7 Å². The molecule has 3 rings (SSSR count). The number of rotatable bonds is 37. The first kappa shape index (κ1) is 75.3. The minimum absolute atomic E-state index is 0.00241. The first-order valence-corrected chi connectivity index (χ1v) is 30.8. The van der Waals surface area contributed by atoms with Crippen LogP contribution in [0.5, 0.6) is 0 Å². The molecule has 88 heavy (non-hydrogen) atoms. The van der Waals surface area contributed by atoms with E-state index < -0.39 is 120 Å². The Kier molecular flexibility index (Phi) is 32.4. The van der Waals surface area contributed by atoms with Gasteiger partial charge in [-0.3, -0.25) is 38.5 Å². The van der Waals surface area contributed by atoms with Gasteiger partial charge in [0.25, 0.3) is 0 Å². The van der Waals surface area contributed by atoms with Gasteiger partial charge < -0.3 is 77.2 Å². The molecule has 25 nitrogen and oxygen atoms in total. The molecule has 0 radical (unpaired) electrons. The van der Waals surface area contributed by atoms with Crippen molar-refractivity contribution in [1.82, 2.24) is 41.3 Å². The van der Waals surface area contributed by atoms with E-state index in [1.807, 2.05) is 32.0 Å². The van der Waals surface area contributed by atoms with Crippen LogP contribution in [0, 0.1) is 29.6 Å². The molecule has 2 aromatic rings. The first-order valence-electron chi connectivity index (χ1n) is 30.8. The van der Waals surface area contributed by atoms with Gasteiger partial charge in [-0.25, -0.2) is 9.59 Å². The number of nitrogens with two attached hydrogens (primary N) is 2. The van der Waals surface area contributed by atoms with Crippen molar-refractivity contribution in [3.63, 3.8) is 0 Å². The average molecular weight is 1240 g/mol. The second kappa shape index (κ2) is 37.8. The van der Waals surface area contributed by atoms with Crippen LogP contribution in [0.15, 0.2) is 54.6 Å². The molecular formula is C63H103N11O14. The number of carbonyl (C=O) groups is 9. The molecule has 11 N–H and O–H groups in total. The highest BCUT2D eigenvalue weighted by molar-refractivity contribution is 5.98. The Morgan fingerprint density at radius 2 is 1.40 bits per heavy atom. The zero-order valence-electron chi connectivity index (χ0n) is 54.3. The van der Waals surface area contributed by atoms with E-state index in [1.165, 1.54) is 26.2 Å². The van der Waals surface area contributed by atoms with Gasteiger partial charge in [0.15, 0.2) is 0 Å². The quantitative estimate of drug-likeness (QED) is 0.0433. The van der Waals surface area contributed by atoms with E-state index in [9.17, 15) is 48.3 Å². The summed E-state index contributed by atoms with van der Waals surface area (Å²) < 4.78 is 23.0. The number of amides is 10.